The van der Waals surface area contributed by atoms with Crippen molar-refractivity contribution in [3.05, 3.63) is 0 Å². The van der Waals surface area contributed by atoms with E-state index in [9.17, 15) is 22.8 Å². The largest absolute Gasteiger partial charge is 0.451 e. The van der Waals surface area contributed by atoms with E-state index < -0.39 is 23.2 Å². The summed E-state index contributed by atoms with van der Waals surface area (Å²) in [6, 6.07) is 0. The fourth-order valence-corrected chi connectivity index (χ4v) is 3.90. The highest BCUT2D eigenvalue weighted by Gasteiger charge is 2.57. The van der Waals surface area contributed by atoms with Gasteiger partial charge >= 0.3 is 12.1 Å². The summed E-state index contributed by atoms with van der Waals surface area (Å²) >= 11 is 0. The topological polar surface area (TPSA) is 43.4 Å². The molecule has 0 aromatic rings. The van der Waals surface area contributed by atoms with Crippen LogP contribution in [0.15, 0.2) is 0 Å². The van der Waals surface area contributed by atoms with Crippen molar-refractivity contribution in [2.24, 2.45) is 11.3 Å². The molecular weight excluding hydrogens is 309 g/mol. The summed E-state index contributed by atoms with van der Waals surface area (Å²) in [5, 5.41) is 0. The van der Waals surface area contributed by atoms with Crippen molar-refractivity contribution < 1.29 is 27.5 Å². The van der Waals surface area contributed by atoms with Crippen molar-refractivity contribution in [2.75, 3.05) is 0 Å². The van der Waals surface area contributed by atoms with Crippen LogP contribution in [-0.2, 0) is 14.3 Å². The molecule has 6 heteroatoms. The van der Waals surface area contributed by atoms with E-state index in [0.29, 0.717) is 19.3 Å². The van der Waals surface area contributed by atoms with Crippen molar-refractivity contribution in [1.29, 1.82) is 0 Å². The molecule has 1 saturated carbocycles. The Morgan fingerprint density at radius 3 is 2.65 bits per heavy atom. The van der Waals surface area contributed by atoms with E-state index in [-0.39, 0.29) is 37.4 Å². The standard InChI is InChI=1S/C17H25F3O3/c1-3-4-8-15(2,17(18,19)20)10-7-13(21)16-9-5-6-12(16)11-14(22)23-16/h12H,3-11H2,1-2H3/t12?,15-,16?/m0/s1. The highest BCUT2D eigenvalue weighted by molar-refractivity contribution is 5.93. The predicted octanol–water partition coefficient (Wildman–Crippen LogP) is 4.58. The molecular formula is C17H25F3O3. The molecule has 23 heavy (non-hydrogen) atoms. The van der Waals surface area contributed by atoms with E-state index in [1.54, 1.807) is 0 Å². The van der Waals surface area contributed by atoms with Crippen LogP contribution >= 0.6 is 0 Å². The lowest BCUT2D eigenvalue weighted by molar-refractivity contribution is -0.223. The first kappa shape index (κ1) is 18.3. The van der Waals surface area contributed by atoms with Crippen LogP contribution in [0.25, 0.3) is 0 Å². The van der Waals surface area contributed by atoms with Gasteiger partial charge in [-0.2, -0.15) is 13.2 Å². The third kappa shape index (κ3) is 3.41. The van der Waals surface area contributed by atoms with Crippen molar-refractivity contribution in [3.63, 3.8) is 0 Å². The van der Waals surface area contributed by atoms with Crippen LogP contribution in [0.1, 0.15) is 71.6 Å². The number of Topliss-reactive ketones (excluding diaryl/α,β-unsaturated/α-hetero) is 1. The Morgan fingerprint density at radius 1 is 1.35 bits per heavy atom. The number of alkyl halides is 3. The minimum Gasteiger partial charge on any atom is -0.451 e. The maximum Gasteiger partial charge on any atom is 0.394 e. The second-order valence-electron chi connectivity index (χ2n) is 7.24. The molecule has 0 N–H and O–H groups in total. The number of fused-ring (bicyclic) bond motifs is 1. The normalized spacial score (nSPS) is 30.0. The van der Waals surface area contributed by atoms with E-state index >= 15 is 0 Å². The number of carbonyl (C=O) groups is 2. The summed E-state index contributed by atoms with van der Waals surface area (Å²) in [5.74, 6) is -0.860. The van der Waals surface area contributed by atoms with E-state index in [0.717, 1.165) is 12.8 Å². The Bertz CT molecular complexity index is 474. The van der Waals surface area contributed by atoms with Gasteiger partial charge in [0.05, 0.1) is 11.8 Å². The van der Waals surface area contributed by atoms with Gasteiger partial charge in [-0.1, -0.05) is 26.7 Å². The Morgan fingerprint density at radius 2 is 2.04 bits per heavy atom. The molecule has 0 bridgehead atoms. The second-order valence-corrected chi connectivity index (χ2v) is 7.24. The van der Waals surface area contributed by atoms with Gasteiger partial charge in [0.25, 0.3) is 0 Å². The summed E-state index contributed by atoms with van der Waals surface area (Å²) in [7, 11) is 0. The lowest BCUT2D eigenvalue weighted by Crippen LogP contribution is -2.42. The predicted molar refractivity (Wildman–Crippen MR) is 78.7 cm³/mol. The lowest BCUT2D eigenvalue weighted by atomic mass is 9.76. The lowest BCUT2D eigenvalue weighted by Gasteiger charge is -2.33. The fourth-order valence-electron chi connectivity index (χ4n) is 3.90. The summed E-state index contributed by atoms with van der Waals surface area (Å²) in [6.45, 7) is 3.04. The van der Waals surface area contributed by atoms with Crippen LogP contribution < -0.4 is 0 Å². The number of hydrogen-bond donors (Lipinski definition) is 0. The van der Waals surface area contributed by atoms with Crippen molar-refractivity contribution in [2.45, 2.75) is 83.4 Å². The zero-order valence-electron chi connectivity index (χ0n) is 13.8. The molecule has 1 heterocycles. The first-order valence-corrected chi connectivity index (χ1v) is 8.46. The molecule has 3 nitrogen and oxygen atoms in total. The van der Waals surface area contributed by atoms with Crippen LogP contribution in [-0.4, -0.2) is 23.5 Å². The number of hydrogen-bond acceptors (Lipinski definition) is 3. The molecule has 132 valence electrons. The number of ether oxygens (including phenoxy) is 1. The first-order chi connectivity index (χ1) is 10.6. The van der Waals surface area contributed by atoms with Crippen molar-refractivity contribution in [3.8, 4) is 0 Å². The molecule has 0 spiro atoms. The number of rotatable bonds is 7. The van der Waals surface area contributed by atoms with Gasteiger partial charge in [0.2, 0.25) is 0 Å². The molecule has 2 fully saturated rings. The van der Waals surface area contributed by atoms with Crippen LogP contribution in [0.3, 0.4) is 0 Å². The second kappa shape index (κ2) is 6.44. The number of ketones is 1. The first-order valence-electron chi connectivity index (χ1n) is 8.46. The van der Waals surface area contributed by atoms with Gasteiger partial charge in [-0.05, 0) is 32.1 Å². The van der Waals surface area contributed by atoms with Gasteiger partial charge in [0.1, 0.15) is 0 Å². The maximum absolute atomic E-state index is 13.4. The van der Waals surface area contributed by atoms with Crippen LogP contribution in [0.5, 0.6) is 0 Å². The highest BCUT2D eigenvalue weighted by Crippen LogP contribution is 2.49. The highest BCUT2D eigenvalue weighted by atomic mass is 19.4. The number of unbranched alkanes of at least 4 members (excludes halogenated alkanes) is 1. The third-order valence-corrected chi connectivity index (χ3v) is 5.61. The molecule has 2 unspecified atom stereocenters. The monoisotopic (exact) mass is 334 g/mol. The molecule has 0 radical (unpaired) electrons. The van der Waals surface area contributed by atoms with Crippen LogP contribution in [0.4, 0.5) is 13.2 Å². The Balaban J connectivity index is 2.06. The summed E-state index contributed by atoms with van der Waals surface area (Å²) < 4.78 is 45.5. The number of carbonyl (C=O) groups excluding carboxylic acids is 2. The van der Waals surface area contributed by atoms with Gasteiger partial charge < -0.3 is 4.74 Å². The molecule has 0 aromatic heterocycles. The molecule has 1 aliphatic heterocycles. The Hall–Kier alpha value is -1.07. The summed E-state index contributed by atoms with van der Waals surface area (Å²) in [5.41, 5.74) is -2.99. The minimum atomic E-state index is -4.33. The van der Waals surface area contributed by atoms with Crippen LogP contribution in [0, 0.1) is 11.3 Å². The van der Waals surface area contributed by atoms with E-state index in [1.165, 1.54) is 6.92 Å². The SMILES string of the molecule is CCCC[C@@](C)(CCC(=O)C12CCCC1CC(=O)O2)C(F)(F)F. The maximum atomic E-state index is 13.4. The summed E-state index contributed by atoms with van der Waals surface area (Å²) in [6.07, 6.45) is -1.35. The zero-order chi connectivity index (χ0) is 17.3. The molecule has 1 aliphatic carbocycles. The van der Waals surface area contributed by atoms with Crippen molar-refractivity contribution >= 4 is 11.8 Å². The average molecular weight is 334 g/mol. The molecule has 0 amide bonds. The molecule has 0 aromatic carbocycles. The van der Waals surface area contributed by atoms with Gasteiger partial charge in [-0.3, -0.25) is 9.59 Å². The molecule has 2 aliphatic rings. The smallest absolute Gasteiger partial charge is 0.394 e. The quantitative estimate of drug-likeness (QED) is 0.640. The third-order valence-electron chi connectivity index (χ3n) is 5.61. The molecule has 3 atom stereocenters. The average Bonchev–Trinajstić information content (AvgIpc) is 2.97. The Kier molecular flexibility index (Phi) is 5.12. The van der Waals surface area contributed by atoms with Gasteiger partial charge in [0.15, 0.2) is 11.4 Å². The van der Waals surface area contributed by atoms with Crippen LogP contribution in [0.2, 0.25) is 0 Å². The zero-order valence-corrected chi connectivity index (χ0v) is 13.8. The van der Waals surface area contributed by atoms with E-state index in [2.05, 4.69) is 0 Å². The van der Waals surface area contributed by atoms with Crippen molar-refractivity contribution in [1.82, 2.24) is 0 Å². The number of halogens is 3. The molecule has 2 rings (SSSR count). The number of esters is 1. The van der Waals surface area contributed by atoms with Gasteiger partial charge in [-0.15, -0.1) is 0 Å². The molecule has 1 saturated heterocycles. The Labute approximate surface area is 134 Å². The van der Waals surface area contributed by atoms with E-state index in [4.69, 9.17) is 4.74 Å². The van der Waals surface area contributed by atoms with Gasteiger partial charge in [0, 0.05) is 12.3 Å². The summed E-state index contributed by atoms with van der Waals surface area (Å²) in [4.78, 5) is 24.1. The minimum absolute atomic E-state index is 0.0243. The fraction of sp³-hybridized carbons (Fsp3) is 0.882. The van der Waals surface area contributed by atoms with E-state index in [1.807, 2.05) is 6.92 Å². The van der Waals surface area contributed by atoms with Gasteiger partial charge in [-0.25, -0.2) is 0 Å².